The number of rotatable bonds is 7. The molecule has 1 N–H and O–H groups in total. The number of carbonyl (C=O) groups is 1. The summed E-state index contributed by atoms with van der Waals surface area (Å²) < 4.78 is 7.04. The van der Waals surface area contributed by atoms with Crippen molar-refractivity contribution >= 4 is 11.9 Å². The van der Waals surface area contributed by atoms with E-state index in [4.69, 9.17) is 4.74 Å². The first kappa shape index (κ1) is 19.4. The molecule has 0 fully saturated rings. The van der Waals surface area contributed by atoms with Gasteiger partial charge < -0.3 is 19.5 Å². The summed E-state index contributed by atoms with van der Waals surface area (Å²) in [4.78, 5) is 23.1. The number of hydrogen-bond acceptors (Lipinski definition) is 5. The number of methoxy groups -OCH3 is 1. The zero-order valence-corrected chi connectivity index (χ0v) is 16.6. The molecule has 0 aliphatic heterocycles. The van der Waals surface area contributed by atoms with Crippen LogP contribution in [0.15, 0.2) is 48.9 Å². The van der Waals surface area contributed by atoms with Crippen LogP contribution in [0.25, 0.3) is 11.1 Å². The van der Waals surface area contributed by atoms with Crippen LogP contribution in [0.2, 0.25) is 0 Å². The molecule has 2 heterocycles. The van der Waals surface area contributed by atoms with Gasteiger partial charge in [0.2, 0.25) is 5.95 Å². The molecule has 1 aromatic carbocycles. The number of benzene rings is 1. The second kappa shape index (κ2) is 8.56. The number of aromatic nitrogens is 3. The number of carbonyl (C=O) groups excluding carboxylic acids is 1. The summed E-state index contributed by atoms with van der Waals surface area (Å²) in [6.45, 7) is 0.549. The Bertz CT molecular complexity index is 948. The summed E-state index contributed by atoms with van der Waals surface area (Å²) in [6.07, 6.45) is 6.18. The Labute approximate surface area is 165 Å². The number of aryl methyl sites for hydroxylation is 1. The minimum absolute atomic E-state index is 0.109. The Morgan fingerprint density at radius 2 is 1.93 bits per heavy atom. The average Bonchev–Trinajstić information content (AvgIpc) is 3.10. The highest BCUT2D eigenvalue weighted by atomic mass is 16.5. The molecule has 0 saturated heterocycles. The first-order valence-corrected chi connectivity index (χ1v) is 9.05. The predicted molar refractivity (Wildman–Crippen MR) is 110 cm³/mol. The molecule has 0 spiro atoms. The second-order valence-corrected chi connectivity index (χ2v) is 6.75. The van der Waals surface area contributed by atoms with Crippen molar-refractivity contribution in [3.05, 3.63) is 60.2 Å². The maximum absolute atomic E-state index is 12.6. The van der Waals surface area contributed by atoms with E-state index in [1.807, 2.05) is 67.1 Å². The minimum Gasteiger partial charge on any atom is -0.497 e. The molecule has 0 aliphatic rings. The lowest BCUT2D eigenvalue weighted by molar-refractivity contribution is 0.0946. The fourth-order valence-corrected chi connectivity index (χ4v) is 2.89. The first-order chi connectivity index (χ1) is 13.5. The zero-order valence-electron chi connectivity index (χ0n) is 16.6. The molecule has 3 aromatic rings. The molecule has 3 rings (SSSR count). The fraction of sp³-hybridized carbons (Fsp3) is 0.286. The summed E-state index contributed by atoms with van der Waals surface area (Å²) in [5, 5.41) is 2.98. The summed E-state index contributed by atoms with van der Waals surface area (Å²) in [5.74, 6) is 1.36. The Hall–Kier alpha value is -3.35. The van der Waals surface area contributed by atoms with E-state index in [0.717, 1.165) is 28.9 Å². The van der Waals surface area contributed by atoms with Crippen molar-refractivity contribution < 1.29 is 9.53 Å². The van der Waals surface area contributed by atoms with Gasteiger partial charge in [0.1, 0.15) is 11.4 Å². The van der Waals surface area contributed by atoms with E-state index in [0.29, 0.717) is 18.2 Å². The molecular weight excluding hydrogens is 354 g/mol. The second-order valence-electron chi connectivity index (χ2n) is 6.75. The van der Waals surface area contributed by atoms with Crippen LogP contribution in [-0.2, 0) is 13.5 Å². The zero-order chi connectivity index (χ0) is 20.1. The van der Waals surface area contributed by atoms with E-state index in [1.165, 1.54) is 0 Å². The van der Waals surface area contributed by atoms with Gasteiger partial charge in [-0.25, -0.2) is 9.97 Å². The monoisotopic (exact) mass is 379 g/mol. The third kappa shape index (κ3) is 4.49. The van der Waals surface area contributed by atoms with Gasteiger partial charge in [0.25, 0.3) is 5.91 Å². The Morgan fingerprint density at radius 1 is 1.18 bits per heavy atom. The van der Waals surface area contributed by atoms with Gasteiger partial charge in [0.15, 0.2) is 0 Å². The average molecular weight is 379 g/mol. The van der Waals surface area contributed by atoms with Crippen LogP contribution in [0.3, 0.4) is 0 Å². The molecule has 0 aliphatic carbocycles. The van der Waals surface area contributed by atoms with Crippen LogP contribution in [-0.4, -0.2) is 48.2 Å². The lowest BCUT2D eigenvalue weighted by Crippen LogP contribution is -2.27. The molecule has 28 heavy (non-hydrogen) atoms. The quantitative estimate of drug-likeness (QED) is 0.683. The van der Waals surface area contributed by atoms with Crippen molar-refractivity contribution in [1.82, 2.24) is 19.9 Å². The van der Waals surface area contributed by atoms with Crippen LogP contribution in [0.4, 0.5) is 5.95 Å². The molecule has 0 atom stereocenters. The standard InChI is InChI=1S/C21H25N5O2/c1-25(2)21-23-12-17(13-24-21)16-11-19(26(3)14-16)20(27)22-9-8-15-6-5-7-18(10-15)28-4/h5-7,10-14H,8-9H2,1-4H3,(H,22,27). The van der Waals surface area contributed by atoms with Crippen molar-refractivity contribution in [2.45, 2.75) is 6.42 Å². The topological polar surface area (TPSA) is 72.3 Å². The first-order valence-electron chi connectivity index (χ1n) is 9.05. The maximum Gasteiger partial charge on any atom is 0.267 e. The van der Waals surface area contributed by atoms with Crippen LogP contribution >= 0.6 is 0 Å². The van der Waals surface area contributed by atoms with Gasteiger partial charge in [-0.05, 0) is 30.2 Å². The van der Waals surface area contributed by atoms with Crippen LogP contribution in [0, 0.1) is 0 Å². The number of ether oxygens (including phenoxy) is 1. The van der Waals surface area contributed by atoms with E-state index in [9.17, 15) is 4.79 Å². The van der Waals surface area contributed by atoms with Gasteiger partial charge in [-0.15, -0.1) is 0 Å². The van der Waals surface area contributed by atoms with E-state index < -0.39 is 0 Å². The Kier molecular flexibility index (Phi) is 5.93. The van der Waals surface area contributed by atoms with Crippen LogP contribution < -0.4 is 15.0 Å². The largest absolute Gasteiger partial charge is 0.497 e. The molecule has 0 radical (unpaired) electrons. The SMILES string of the molecule is COc1cccc(CCNC(=O)c2cc(-c3cnc(N(C)C)nc3)cn2C)c1. The summed E-state index contributed by atoms with van der Waals surface area (Å²) >= 11 is 0. The third-order valence-corrected chi connectivity index (χ3v) is 4.44. The highest BCUT2D eigenvalue weighted by molar-refractivity contribution is 5.94. The lowest BCUT2D eigenvalue weighted by atomic mass is 10.1. The van der Waals surface area contributed by atoms with E-state index >= 15 is 0 Å². The number of nitrogens with one attached hydrogen (secondary N) is 1. The van der Waals surface area contributed by atoms with E-state index in [-0.39, 0.29) is 5.91 Å². The predicted octanol–water partition coefficient (Wildman–Crippen LogP) is 2.53. The number of amides is 1. The Morgan fingerprint density at radius 3 is 2.61 bits per heavy atom. The fourth-order valence-electron chi connectivity index (χ4n) is 2.89. The highest BCUT2D eigenvalue weighted by Crippen LogP contribution is 2.21. The highest BCUT2D eigenvalue weighted by Gasteiger charge is 2.13. The number of anilines is 1. The van der Waals surface area contributed by atoms with Gasteiger partial charge in [-0.3, -0.25) is 4.79 Å². The van der Waals surface area contributed by atoms with Crippen molar-refractivity contribution in [2.75, 3.05) is 32.6 Å². The smallest absolute Gasteiger partial charge is 0.267 e. The van der Waals surface area contributed by atoms with Gasteiger partial charge in [0.05, 0.1) is 7.11 Å². The Balaban J connectivity index is 1.64. The summed E-state index contributed by atoms with van der Waals surface area (Å²) in [6, 6.07) is 9.71. The molecule has 7 nitrogen and oxygen atoms in total. The molecule has 1 amide bonds. The number of hydrogen-bond donors (Lipinski definition) is 1. The number of nitrogens with zero attached hydrogens (tertiary/aromatic N) is 4. The molecule has 2 aromatic heterocycles. The molecular formula is C21H25N5O2. The van der Waals surface area contributed by atoms with Gasteiger partial charge in [-0.2, -0.15) is 0 Å². The molecule has 0 saturated carbocycles. The minimum atomic E-state index is -0.109. The van der Waals surface area contributed by atoms with E-state index in [2.05, 4.69) is 15.3 Å². The third-order valence-electron chi connectivity index (χ3n) is 4.44. The molecule has 0 bridgehead atoms. The van der Waals surface area contributed by atoms with Crippen molar-refractivity contribution in [2.24, 2.45) is 7.05 Å². The van der Waals surface area contributed by atoms with Crippen molar-refractivity contribution in [3.63, 3.8) is 0 Å². The van der Waals surface area contributed by atoms with E-state index in [1.54, 1.807) is 19.5 Å². The maximum atomic E-state index is 12.6. The van der Waals surface area contributed by atoms with Crippen LogP contribution in [0.1, 0.15) is 16.1 Å². The normalized spacial score (nSPS) is 10.6. The molecule has 146 valence electrons. The van der Waals surface area contributed by atoms with Crippen molar-refractivity contribution in [3.8, 4) is 16.9 Å². The molecule has 7 heteroatoms. The summed E-state index contributed by atoms with van der Waals surface area (Å²) in [7, 11) is 7.29. The van der Waals surface area contributed by atoms with Crippen molar-refractivity contribution in [1.29, 1.82) is 0 Å². The van der Waals surface area contributed by atoms with Gasteiger partial charge in [0, 0.05) is 57.4 Å². The van der Waals surface area contributed by atoms with Crippen LogP contribution in [0.5, 0.6) is 5.75 Å². The summed E-state index contributed by atoms with van der Waals surface area (Å²) in [5.41, 5.74) is 3.49. The molecule has 0 unspecified atom stereocenters. The van der Waals surface area contributed by atoms with Gasteiger partial charge >= 0.3 is 0 Å². The van der Waals surface area contributed by atoms with Gasteiger partial charge in [-0.1, -0.05) is 12.1 Å². The lowest BCUT2D eigenvalue weighted by Gasteiger charge is -2.09.